The van der Waals surface area contributed by atoms with Crippen molar-refractivity contribution in [3.05, 3.63) is 76.8 Å². The van der Waals surface area contributed by atoms with E-state index in [0.717, 1.165) is 21.6 Å². The lowest BCUT2D eigenvalue weighted by molar-refractivity contribution is -0.121. The van der Waals surface area contributed by atoms with Crippen molar-refractivity contribution in [3.8, 4) is 0 Å². The lowest BCUT2D eigenvalue weighted by Crippen LogP contribution is -2.45. The summed E-state index contributed by atoms with van der Waals surface area (Å²) in [6.07, 6.45) is 1.38. The lowest BCUT2D eigenvalue weighted by atomic mass is 9.72. The van der Waals surface area contributed by atoms with Crippen molar-refractivity contribution in [2.24, 2.45) is 0 Å². The molecule has 0 N–H and O–H groups in total. The Hall–Kier alpha value is -2.59. The Labute approximate surface area is 170 Å². The van der Waals surface area contributed by atoms with E-state index in [2.05, 4.69) is 6.58 Å². The minimum absolute atomic E-state index is 0.343. The fourth-order valence-corrected chi connectivity index (χ4v) is 3.76. The third-order valence-corrected chi connectivity index (χ3v) is 5.04. The quantitative estimate of drug-likeness (QED) is 0.615. The number of fused-ring (bicyclic) bond motifs is 1. The van der Waals surface area contributed by atoms with Crippen LogP contribution < -0.4 is 4.90 Å². The van der Waals surface area contributed by atoms with E-state index in [4.69, 9.17) is 16.3 Å². The zero-order chi connectivity index (χ0) is 20.7. The molecule has 1 aliphatic rings. The first-order valence-electron chi connectivity index (χ1n) is 9.16. The molecule has 146 valence electrons. The van der Waals surface area contributed by atoms with Gasteiger partial charge in [0.2, 0.25) is 0 Å². The molecule has 4 nitrogen and oxygen atoms in total. The summed E-state index contributed by atoms with van der Waals surface area (Å²) < 4.78 is 5.52. The maximum absolute atomic E-state index is 13.7. The summed E-state index contributed by atoms with van der Waals surface area (Å²) >= 11 is 6.06. The molecule has 2 aromatic carbocycles. The van der Waals surface area contributed by atoms with Crippen molar-refractivity contribution in [1.29, 1.82) is 0 Å². The van der Waals surface area contributed by atoms with Gasteiger partial charge >= 0.3 is 6.09 Å². The number of ether oxygens (including phenoxy) is 1. The number of nitrogens with zero attached hydrogens (tertiary/aromatic N) is 1. The second-order valence-electron chi connectivity index (χ2n) is 8.05. The van der Waals surface area contributed by atoms with Crippen LogP contribution in [0.15, 0.2) is 55.1 Å². The third-order valence-electron chi connectivity index (χ3n) is 4.78. The molecule has 1 atom stereocenters. The molecular weight excluding hydrogens is 374 g/mol. The molecule has 3 rings (SSSR count). The number of carbonyl (C=O) groups is 2. The smallest absolute Gasteiger partial charge is 0.421 e. The molecule has 0 aromatic heterocycles. The molecule has 0 saturated heterocycles. The van der Waals surface area contributed by atoms with Gasteiger partial charge in [0.25, 0.3) is 5.91 Å². The van der Waals surface area contributed by atoms with E-state index in [1.165, 1.54) is 0 Å². The Morgan fingerprint density at radius 2 is 1.86 bits per heavy atom. The van der Waals surface area contributed by atoms with Crippen LogP contribution in [0.25, 0.3) is 0 Å². The number of benzene rings is 2. The number of amides is 2. The molecule has 0 radical (unpaired) electrons. The van der Waals surface area contributed by atoms with E-state index in [9.17, 15) is 9.59 Å². The second kappa shape index (κ2) is 7.10. The number of allylic oxidation sites excluding steroid dienone is 1. The van der Waals surface area contributed by atoms with Crippen LogP contribution in [0.2, 0.25) is 5.02 Å². The van der Waals surface area contributed by atoms with Crippen LogP contribution in [0.4, 0.5) is 10.5 Å². The van der Waals surface area contributed by atoms with E-state index < -0.39 is 17.1 Å². The monoisotopic (exact) mass is 397 g/mol. The van der Waals surface area contributed by atoms with Gasteiger partial charge in [-0.25, -0.2) is 9.69 Å². The molecule has 0 bridgehead atoms. The number of anilines is 1. The Balaban J connectivity index is 2.25. The highest BCUT2D eigenvalue weighted by atomic mass is 35.5. The molecule has 0 fully saturated rings. The first-order valence-corrected chi connectivity index (χ1v) is 9.53. The van der Waals surface area contributed by atoms with Gasteiger partial charge in [-0.2, -0.15) is 0 Å². The maximum Gasteiger partial charge on any atom is 0.421 e. The summed E-state index contributed by atoms with van der Waals surface area (Å²) in [6, 6.07) is 12.8. The number of carbonyl (C=O) groups excluding carboxylic acids is 2. The standard InChI is InChI=1S/C23H24ClNO3/c1-6-13-23(16-8-10-17(24)11-9-16)18-14-15(2)7-12-19(18)25(20(23)26)21(27)28-22(3,4)5/h6-12,14H,1,13H2,2-5H3. The van der Waals surface area contributed by atoms with Crippen LogP contribution >= 0.6 is 11.6 Å². The molecule has 2 aromatic rings. The van der Waals surface area contributed by atoms with Gasteiger partial charge in [0, 0.05) is 5.02 Å². The van der Waals surface area contributed by atoms with Crippen LogP contribution in [0.5, 0.6) is 0 Å². The predicted molar refractivity (Wildman–Crippen MR) is 112 cm³/mol. The molecule has 0 saturated carbocycles. The normalized spacial score (nSPS) is 18.8. The summed E-state index contributed by atoms with van der Waals surface area (Å²) in [5, 5.41) is 0.580. The first-order chi connectivity index (χ1) is 13.1. The summed E-state index contributed by atoms with van der Waals surface area (Å²) in [5.74, 6) is -0.343. The van der Waals surface area contributed by atoms with Crippen molar-refractivity contribution in [3.63, 3.8) is 0 Å². The molecular formula is C23H24ClNO3. The SMILES string of the molecule is C=CCC1(c2ccc(Cl)cc2)C(=O)N(C(=O)OC(C)(C)C)c2ccc(C)cc21. The van der Waals surface area contributed by atoms with Crippen molar-refractivity contribution < 1.29 is 14.3 Å². The molecule has 1 heterocycles. The minimum atomic E-state index is -1.05. The van der Waals surface area contributed by atoms with Crippen molar-refractivity contribution in [2.45, 2.75) is 45.1 Å². The summed E-state index contributed by atoms with van der Waals surface area (Å²) in [4.78, 5) is 27.8. The molecule has 0 aliphatic carbocycles. The van der Waals surface area contributed by atoms with Crippen LogP contribution in [-0.4, -0.2) is 17.6 Å². The topological polar surface area (TPSA) is 46.6 Å². The third kappa shape index (κ3) is 3.33. The number of hydrogen-bond acceptors (Lipinski definition) is 3. The Morgan fingerprint density at radius 3 is 2.43 bits per heavy atom. The second-order valence-corrected chi connectivity index (χ2v) is 8.48. The average molecular weight is 398 g/mol. The van der Waals surface area contributed by atoms with Crippen molar-refractivity contribution in [1.82, 2.24) is 0 Å². The highest BCUT2D eigenvalue weighted by Gasteiger charge is 2.54. The summed E-state index contributed by atoms with van der Waals surface area (Å²) in [7, 11) is 0. The molecule has 1 aliphatic heterocycles. The van der Waals surface area contributed by atoms with Crippen LogP contribution in [0, 0.1) is 6.92 Å². The number of halogens is 1. The molecule has 28 heavy (non-hydrogen) atoms. The zero-order valence-electron chi connectivity index (χ0n) is 16.6. The number of aryl methyl sites for hydroxylation is 1. The predicted octanol–water partition coefficient (Wildman–Crippen LogP) is 5.79. The van der Waals surface area contributed by atoms with E-state index in [-0.39, 0.29) is 5.91 Å². The average Bonchev–Trinajstić information content (AvgIpc) is 2.83. The van der Waals surface area contributed by atoms with Crippen LogP contribution in [0.3, 0.4) is 0 Å². The Bertz CT molecular complexity index is 943. The molecule has 5 heteroatoms. The van der Waals surface area contributed by atoms with Gasteiger partial charge in [-0.1, -0.05) is 47.5 Å². The van der Waals surface area contributed by atoms with E-state index >= 15 is 0 Å². The van der Waals surface area contributed by atoms with Gasteiger partial charge in [-0.15, -0.1) is 6.58 Å². The lowest BCUT2D eigenvalue weighted by Gasteiger charge is -2.29. The van der Waals surface area contributed by atoms with Crippen molar-refractivity contribution >= 4 is 29.3 Å². The van der Waals surface area contributed by atoms with Gasteiger partial charge in [0.1, 0.15) is 11.0 Å². The first kappa shape index (κ1) is 20.2. The van der Waals surface area contributed by atoms with Crippen molar-refractivity contribution in [2.75, 3.05) is 4.90 Å². The van der Waals surface area contributed by atoms with Gasteiger partial charge < -0.3 is 4.74 Å². The van der Waals surface area contributed by atoms with Gasteiger partial charge in [0.05, 0.1) is 5.69 Å². The summed E-state index contributed by atoms with van der Waals surface area (Å²) in [5.41, 5.74) is 1.31. The maximum atomic E-state index is 13.7. The number of imide groups is 1. The zero-order valence-corrected chi connectivity index (χ0v) is 17.3. The van der Waals surface area contributed by atoms with Gasteiger partial charge in [-0.3, -0.25) is 4.79 Å². The fraction of sp³-hybridized carbons (Fsp3) is 0.304. The number of rotatable bonds is 3. The number of hydrogen-bond donors (Lipinski definition) is 0. The van der Waals surface area contributed by atoms with Crippen LogP contribution in [-0.2, 0) is 14.9 Å². The highest BCUT2D eigenvalue weighted by Crippen LogP contribution is 2.49. The van der Waals surface area contributed by atoms with Gasteiger partial charge in [-0.05, 0) is 63.4 Å². The van der Waals surface area contributed by atoms with Gasteiger partial charge in [0.15, 0.2) is 0 Å². The van der Waals surface area contributed by atoms with Crippen LogP contribution in [0.1, 0.15) is 43.9 Å². The Morgan fingerprint density at radius 1 is 1.21 bits per heavy atom. The fourth-order valence-electron chi connectivity index (χ4n) is 3.64. The largest absolute Gasteiger partial charge is 0.443 e. The molecule has 2 amide bonds. The van der Waals surface area contributed by atoms with E-state index in [1.807, 2.05) is 31.2 Å². The van der Waals surface area contributed by atoms with E-state index in [1.54, 1.807) is 45.0 Å². The Kier molecular flexibility index (Phi) is 5.11. The van der Waals surface area contributed by atoms with E-state index in [0.29, 0.717) is 17.1 Å². The highest BCUT2D eigenvalue weighted by molar-refractivity contribution is 6.30. The minimum Gasteiger partial charge on any atom is -0.443 e. The molecule has 1 unspecified atom stereocenters. The molecule has 0 spiro atoms. The summed E-state index contributed by atoms with van der Waals surface area (Å²) in [6.45, 7) is 11.1.